The molecule has 0 aliphatic heterocycles. The standard InChI is InChI=1S/C19H42NO4/c1-3-4-5-6-7-8-9-10-11-12-17-24-19(23)18-20(2,13-15-21)14-16-22/h19,21-23H,3-18H2,1-2H3/q+1. The summed E-state index contributed by atoms with van der Waals surface area (Å²) in [6.45, 7) is 4.34. The van der Waals surface area contributed by atoms with Crippen molar-refractivity contribution in [2.24, 2.45) is 0 Å². The van der Waals surface area contributed by atoms with Gasteiger partial charge in [0.25, 0.3) is 0 Å². The van der Waals surface area contributed by atoms with E-state index < -0.39 is 6.29 Å². The van der Waals surface area contributed by atoms with Gasteiger partial charge in [-0.3, -0.25) is 0 Å². The summed E-state index contributed by atoms with van der Waals surface area (Å²) >= 11 is 0. The topological polar surface area (TPSA) is 69.9 Å². The van der Waals surface area contributed by atoms with E-state index in [9.17, 15) is 5.11 Å². The van der Waals surface area contributed by atoms with Crippen molar-refractivity contribution in [1.29, 1.82) is 0 Å². The van der Waals surface area contributed by atoms with Crippen molar-refractivity contribution in [3.63, 3.8) is 0 Å². The first-order chi connectivity index (χ1) is 11.6. The number of rotatable bonds is 18. The van der Waals surface area contributed by atoms with Crippen LogP contribution >= 0.6 is 0 Å². The smallest absolute Gasteiger partial charge is 0.205 e. The molecule has 5 heteroatoms. The number of likely N-dealkylation sites (N-methyl/N-ethyl adjacent to an activating group) is 1. The van der Waals surface area contributed by atoms with Crippen LogP contribution in [0.3, 0.4) is 0 Å². The second-order valence-corrected chi connectivity index (χ2v) is 7.20. The summed E-state index contributed by atoms with van der Waals surface area (Å²) in [7, 11) is 1.92. The zero-order valence-electron chi connectivity index (χ0n) is 16.1. The molecular weight excluding hydrogens is 306 g/mol. The number of ether oxygens (including phenoxy) is 1. The summed E-state index contributed by atoms with van der Waals surface area (Å²) in [4.78, 5) is 0. The first kappa shape index (κ1) is 23.8. The molecule has 0 aliphatic rings. The van der Waals surface area contributed by atoms with Gasteiger partial charge in [-0.25, -0.2) is 0 Å². The fourth-order valence-corrected chi connectivity index (χ4v) is 3.02. The minimum atomic E-state index is -0.827. The van der Waals surface area contributed by atoms with E-state index in [0.717, 1.165) is 12.8 Å². The summed E-state index contributed by atoms with van der Waals surface area (Å²) in [5.41, 5.74) is 0. The molecule has 0 rings (SSSR count). The monoisotopic (exact) mass is 348 g/mol. The van der Waals surface area contributed by atoms with Crippen LogP contribution in [0.25, 0.3) is 0 Å². The average molecular weight is 349 g/mol. The molecule has 0 fully saturated rings. The van der Waals surface area contributed by atoms with Crippen LogP contribution in [-0.4, -0.2) is 72.6 Å². The maximum absolute atomic E-state index is 9.98. The Morgan fingerprint density at radius 1 is 0.792 bits per heavy atom. The first-order valence-corrected chi connectivity index (χ1v) is 9.93. The quantitative estimate of drug-likeness (QED) is 0.202. The molecule has 0 radical (unpaired) electrons. The van der Waals surface area contributed by atoms with Crippen LogP contribution in [-0.2, 0) is 4.74 Å². The van der Waals surface area contributed by atoms with Gasteiger partial charge in [-0.05, 0) is 6.42 Å². The normalized spacial score (nSPS) is 13.4. The van der Waals surface area contributed by atoms with Crippen LogP contribution in [0.4, 0.5) is 0 Å². The molecule has 0 aliphatic carbocycles. The van der Waals surface area contributed by atoms with Gasteiger partial charge in [0.05, 0.1) is 20.3 Å². The largest absolute Gasteiger partial charge is 0.391 e. The van der Waals surface area contributed by atoms with Gasteiger partial charge in [0.1, 0.15) is 19.6 Å². The molecule has 146 valence electrons. The van der Waals surface area contributed by atoms with E-state index in [1.165, 1.54) is 51.4 Å². The van der Waals surface area contributed by atoms with Crippen molar-refractivity contribution < 1.29 is 24.5 Å². The van der Waals surface area contributed by atoms with Crippen molar-refractivity contribution in [2.45, 2.75) is 77.4 Å². The minimum absolute atomic E-state index is 0.0433. The zero-order chi connectivity index (χ0) is 18.1. The second-order valence-electron chi connectivity index (χ2n) is 7.20. The van der Waals surface area contributed by atoms with Crippen molar-refractivity contribution in [3.8, 4) is 0 Å². The average Bonchev–Trinajstić information content (AvgIpc) is 2.52. The lowest BCUT2D eigenvalue weighted by atomic mass is 10.1. The lowest BCUT2D eigenvalue weighted by Crippen LogP contribution is -2.52. The third-order valence-corrected chi connectivity index (χ3v) is 4.68. The molecule has 5 nitrogen and oxygen atoms in total. The van der Waals surface area contributed by atoms with E-state index in [1.807, 2.05) is 7.05 Å². The Hall–Kier alpha value is -0.200. The van der Waals surface area contributed by atoms with Gasteiger partial charge in [-0.15, -0.1) is 0 Å². The number of aliphatic hydroxyl groups excluding tert-OH is 3. The van der Waals surface area contributed by atoms with Crippen molar-refractivity contribution in [2.75, 3.05) is 46.5 Å². The number of aliphatic hydroxyl groups is 3. The predicted octanol–water partition coefficient (Wildman–Crippen LogP) is 2.67. The molecular formula is C19H42NO4+. The Morgan fingerprint density at radius 3 is 1.71 bits per heavy atom. The summed E-state index contributed by atoms with van der Waals surface area (Å²) in [6, 6.07) is 0. The Morgan fingerprint density at radius 2 is 1.25 bits per heavy atom. The van der Waals surface area contributed by atoms with Crippen LogP contribution in [0.2, 0.25) is 0 Å². The first-order valence-electron chi connectivity index (χ1n) is 9.93. The maximum Gasteiger partial charge on any atom is 0.205 e. The van der Waals surface area contributed by atoms with E-state index in [4.69, 9.17) is 14.9 Å². The lowest BCUT2D eigenvalue weighted by Gasteiger charge is -2.34. The van der Waals surface area contributed by atoms with Gasteiger partial charge in [0, 0.05) is 6.61 Å². The molecule has 0 saturated carbocycles. The highest BCUT2D eigenvalue weighted by Gasteiger charge is 2.24. The Labute approximate surface area is 149 Å². The van der Waals surface area contributed by atoms with Crippen molar-refractivity contribution >= 4 is 0 Å². The molecule has 1 unspecified atom stereocenters. The second kappa shape index (κ2) is 16.3. The van der Waals surface area contributed by atoms with Crippen LogP contribution < -0.4 is 0 Å². The number of hydrogen-bond donors (Lipinski definition) is 3. The summed E-state index contributed by atoms with van der Waals surface area (Å²) in [6.07, 6.45) is 12.0. The molecule has 0 aromatic carbocycles. The SMILES string of the molecule is CCCCCCCCCCCCOC(O)C[N+](C)(CCO)CCO. The molecule has 24 heavy (non-hydrogen) atoms. The van der Waals surface area contributed by atoms with Gasteiger partial charge >= 0.3 is 0 Å². The third kappa shape index (κ3) is 14.2. The minimum Gasteiger partial charge on any atom is -0.391 e. The Balaban J connectivity index is 3.52. The molecule has 0 amide bonds. The summed E-state index contributed by atoms with van der Waals surface area (Å²) in [5, 5.41) is 28.2. The molecule has 0 bridgehead atoms. The molecule has 1 atom stereocenters. The number of unbranched alkanes of at least 4 members (excludes halogenated alkanes) is 9. The molecule has 0 spiro atoms. The van der Waals surface area contributed by atoms with E-state index in [1.54, 1.807) is 0 Å². The van der Waals surface area contributed by atoms with Gasteiger partial charge in [-0.2, -0.15) is 0 Å². The van der Waals surface area contributed by atoms with Gasteiger partial charge < -0.3 is 24.5 Å². The fourth-order valence-electron chi connectivity index (χ4n) is 3.02. The molecule has 0 aromatic heterocycles. The van der Waals surface area contributed by atoms with Crippen molar-refractivity contribution in [1.82, 2.24) is 0 Å². The number of quaternary nitrogens is 1. The fraction of sp³-hybridized carbons (Fsp3) is 1.00. The number of nitrogens with zero attached hydrogens (tertiary/aromatic N) is 1. The highest BCUT2D eigenvalue weighted by molar-refractivity contribution is 4.49. The Bertz CT molecular complexity index is 258. The van der Waals surface area contributed by atoms with E-state index >= 15 is 0 Å². The molecule has 0 saturated heterocycles. The summed E-state index contributed by atoms with van der Waals surface area (Å²) < 4.78 is 5.90. The molecule has 0 aromatic rings. The van der Waals surface area contributed by atoms with Gasteiger partial charge in [0.2, 0.25) is 6.29 Å². The van der Waals surface area contributed by atoms with E-state index in [-0.39, 0.29) is 13.2 Å². The third-order valence-electron chi connectivity index (χ3n) is 4.68. The predicted molar refractivity (Wildman–Crippen MR) is 98.8 cm³/mol. The summed E-state index contributed by atoms with van der Waals surface area (Å²) in [5.74, 6) is 0. The molecule has 0 heterocycles. The highest BCUT2D eigenvalue weighted by Crippen LogP contribution is 2.11. The highest BCUT2D eigenvalue weighted by atomic mass is 16.6. The lowest BCUT2D eigenvalue weighted by molar-refractivity contribution is -0.915. The van der Waals surface area contributed by atoms with Crippen LogP contribution in [0.1, 0.15) is 71.1 Å². The zero-order valence-corrected chi connectivity index (χ0v) is 16.1. The van der Waals surface area contributed by atoms with Crippen molar-refractivity contribution in [3.05, 3.63) is 0 Å². The van der Waals surface area contributed by atoms with Crippen LogP contribution in [0.5, 0.6) is 0 Å². The van der Waals surface area contributed by atoms with E-state index in [0.29, 0.717) is 30.7 Å². The number of hydrogen-bond acceptors (Lipinski definition) is 4. The van der Waals surface area contributed by atoms with E-state index in [2.05, 4.69) is 6.92 Å². The van der Waals surface area contributed by atoms with Gasteiger partial charge in [-0.1, -0.05) is 64.7 Å². The maximum atomic E-state index is 9.98. The molecule has 3 N–H and O–H groups in total. The van der Waals surface area contributed by atoms with Crippen LogP contribution in [0.15, 0.2) is 0 Å². The van der Waals surface area contributed by atoms with Gasteiger partial charge in [0.15, 0.2) is 0 Å². The van der Waals surface area contributed by atoms with Crippen LogP contribution in [0, 0.1) is 0 Å². The Kier molecular flexibility index (Phi) is 16.1.